The van der Waals surface area contributed by atoms with Gasteiger partial charge in [-0.25, -0.2) is 4.68 Å². The highest BCUT2D eigenvalue weighted by Gasteiger charge is 2.17. The lowest BCUT2D eigenvalue weighted by Crippen LogP contribution is -2.16. The molecule has 92 valence electrons. The summed E-state index contributed by atoms with van der Waals surface area (Å²) < 4.78 is 7.12. The van der Waals surface area contributed by atoms with Crippen molar-refractivity contribution in [2.24, 2.45) is 0 Å². The maximum atomic E-state index is 12.0. The molecule has 0 aliphatic carbocycles. The largest absolute Gasteiger partial charge is 0.478 e. The molecule has 1 aliphatic heterocycles. The Balaban J connectivity index is 1.78. The second-order valence-corrected chi connectivity index (χ2v) is 3.99. The van der Waals surface area contributed by atoms with Crippen molar-refractivity contribution in [3.05, 3.63) is 36.3 Å². The van der Waals surface area contributed by atoms with Crippen LogP contribution in [0, 0.1) is 0 Å². The first-order valence-electron chi connectivity index (χ1n) is 5.75. The zero-order valence-corrected chi connectivity index (χ0v) is 9.67. The Labute approximate surface area is 104 Å². The topological polar surface area (TPSA) is 69.0 Å². The summed E-state index contributed by atoms with van der Waals surface area (Å²) in [5.74, 6) is 0.395. The van der Waals surface area contributed by atoms with Gasteiger partial charge in [0.05, 0.1) is 18.5 Å². The van der Waals surface area contributed by atoms with Crippen LogP contribution in [-0.2, 0) is 6.54 Å². The highest BCUT2D eigenvalue weighted by atomic mass is 16.5. The van der Waals surface area contributed by atoms with Gasteiger partial charge in [0.2, 0.25) is 5.88 Å². The van der Waals surface area contributed by atoms with Crippen LogP contribution in [-0.4, -0.2) is 27.3 Å². The molecule has 0 bridgehead atoms. The number of fused-ring (bicyclic) bond motifs is 1. The minimum absolute atomic E-state index is 0.256. The van der Waals surface area contributed by atoms with E-state index in [1.165, 1.54) is 0 Å². The van der Waals surface area contributed by atoms with E-state index < -0.39 is 0 Å². The Morgan fingerprint density at radius 3 is 3.22 bits per heavy atom. The van der Waals surface area contributed by atoms with E-state index in [2.05, 4.69) is 15.4 Å². The van der Waals surface area contributed by atoms with Crippen molar-refractivity contribution in [3.8, 4) is 5.88 Å². The normalized spacial score (nSPS) is 13.6. The van der Waals surface area contributed by atoms with Crippen molar-refractivity contribution in [1.29, 1.82) is 0 Å². The first kappa shape index (κ1) is 10.8. The summed E-state index contributed by atoms with van der Waals surface area (Å²) in [5.41, 5.74) is 1.00. The minimum atomic E-state index is -0.256. The molecule has 6 nitrogen and oxygen atoms in total. The fourth-order valence-electron chi connectivity index (χ4n) is 1.81. The lowest BCUT2D eigenvalue weighted by molar-refractivity contribution is 0.102. The third-order valence-electron chi connectivity index (χ3n) is 2.66. The minimum Gasteiger partial charge on any atom is -0.478 e. The number of pyridine rings is 1. The van der Waals surface area contributed by atoms with Crippen LogP contribution in [0.25, 0.3) is 0 Å². The lowest BCUT2D eigenvalue weighted by atomic mass is 10.3. The first-order valence-corrected chi connectivity index (χ1v) is 5.75. The maximum absolute atomic E-state index is 12.0. The average Bonchev–Trinajstić information content (AvgIpc) is 2.84. The number of hydrogen-bond acceptors (Lipinski definition) is 4. The first-order chi connectivity index (χ1) is 8.83. The molecule has 6 heteroatoms. The number of hydrogen-bond donors (Lipinski definition) is 1. The third-order valence-corrected chi connectivity index (χ3v) is 2.66. The lowest BCUT2D eigenvalue weighted by Gasteiger charge is -2.13. The van der Waals surface area contributed by atoms with Gasteiger partial charge in [0.25, 0.3) is 5.91 Å². The van der Waals surface area contributed by atoms with Crippen LogP contribution in [0.5, 0.6) is 5.88 Å². The van der Waals surface area contributed by atoms with Crippen LogP contribution in [0.1, 0.15) is 16.9 Å². The van der Waals surface area contributed by atoms with Gasteiger partial charge in [-0.1, -0.05) is 0 Å². The number of carbonyl (C=O) groups is 1. The van der Waals surface area contributed by atoms with Gasteiger partial charge in [-0.3, -0.25) is 9.78 Å². The van der Waals surface area contributed by atoms with Crippen molar-refractivity contribution >= 4 is 11.6 Å². The number of aromatic nitrogens is 3. The number of aryl methyl sites for hydroxylation is 1. The smallest absolute Gasteiger partial charge is 0.276 e. The quantitative estimate of drug-likeness (QED) is 0.864. The number of ether oxygens (including phenoxy) is 1. The summed E-state index contributed by atoms with van der Waals surface area (Å²) in [6.07, 6.45) is 4.15. The van der Waals surface area contributed by atoms with E-state index in [9.17, 15) is 4.79 Å². The van der Waals surface area contributed by atoms with Crippen molar-refractivity contribution in [2.75, 3.05) is 11.9 Å². The fourth-order valence-corrected chi connectivity index (χ4v) is 1.81. The molecule has 0 spiro atoms. The Bertz CT molecular complexity index is 541. The molecule has 1 N–H and O–H groups in total. The van der Waals surface area contributed by atoms with Crippen molar-refractivity contribution in [1.82, 2.24) is 14.8 Å². The SMILES string of the molecule is O=C(Nc1cccnc1)c1cc2n(n1)CCCO2. The molecular weight excluding hydrogens is 232 g/mol. The maximum Gasteiger partial charge on any atom is 0.276 e. The third kappa shape index (κ3) is 2.04. The molecule has 0 fully saturated rings. The molecule has 0 saturated heterocycles. The van der Waals surface area contributed by atoms with Gasteiger partial charge in [0.15, 0.2) is 5.69 Å². The summed E-state index contributed by atoms with van der Waals surface area (Å²) in [7, 11) is 0. The van der Waals surface area contributed by atoms with Gasteiger partial charge in [-0.15, -0.1) is 0 Å². The molecule has 0 aromatic carbocycles. The van der Waals surface area contributed by atoms with E-state index in [4.69, 9.17) is 4.74 Å². The molecule has 1 amide bonds. The number of anilines is 1. The summed E-state index contributed by atoms with van der Waals surface area (Å²) in [6, 6.07) is 5.19. The van der Waals surface area contributed by atoms with Crippen molar-refractivity contribution in [2.45, 2.75) is 13.0 Å². The Hall–Kier alpha value is -2.37. The Morgan fingerprint density at radius 1 is 1.50 bits per heavy atom. The molecule has 18 heavy (non-hydrogen) atoms. The number of nitrogens with zero attached hydrogens (tertiary/aromatic N) is 3. The molecule has 3 heterocycles. The monoisotopic (exact) mass is 244 g/mol. The van der Waals surface area contributed by atoms with Gasteiger partial charge < -0.3 is 10.1 Å². The Kier molecular flexibility index (Phi) is 2.68. The van der Waals surface area contributed by atoms with Crippen LogP contribution in [0.3, 0.4) is 0 Å². The standard InChI is InChI=1S/C12H12N4O2/c17-12(14-9-3-1-4-13-8-9)10-7-11-16(15-10)5-2-6-18-11/h1,3-4,7-8H,2,5-6H2,(H,14,17). The molecule has 2 aromatic heterocycles. The average molecular weight is 244 g/mol. The second-order valence-electron chi connectivity index (χ2n) is 3.99. The number of carbonyl (C=O) groups excluding carboxylic acids is 1. The molecule has 0 saturated carbocycles. The fraction of sp³-hybridized carbons (Fsp3) is 0.250. The van der Waals surface area contributed by atoms with E-state index in [-0.39, 0.29) is 5.91 Å². The number of rotatable bonds is 2. The zero-order valence-electron chi connectivity index (χ0n) is 9.67. The van der Waals surface area contributed by atoms with Gasteiger partial charge in [-0.2, -0.15) is 5.10 Å². The van der Waals surface area contributed by atoms with Gasteiger partial charge in [0.1, 0.15) is 0 Å². The van der Waals surface area contributed by atoms with Gasteiger partial charge >= 0.3 is 0 Å². The summed E-state index contributed by atoms with van der Waals surface area (Å²) in [4.78, 5) is 15.9. The highest BCUT2D eigenvalue weighted by Crippen LogP contribution is 2.19. The van der Waals surface area contributed by atoms with Crippen molar-refractivity contribution < 1.29 is 9.53 Å². The molecule has 0 radical (unpaired) electrons. The molecule has 3 rings (SSSR count). The van der Waals surface area contributed by atoms with E-state index in [0.29, 0.717) is 23.9 Å². The van der Waals surface area contributed by atoms with Crippen LogP contribution in [0.2, 0.25) is 0 Å². The predicted molar refractivity (Wildman–Crippen MR) is 64.5 cm³/mol. The summed E-state index contributed by atoms with van der Waals surface area (Å²) in [6.45, 7) is 1.46. The van der Waals surface area contributed by atoms with E-state index in [1.54, 1.807) is 35.3 Å². The van der Waals surface area contributed by atoms with Crippen LogP contribution in [0.4, 0.5) is 5.69 Å². The second kappa shape index (κ2) is 4.48. The summed E-state index contributed by atoms with van der Waals surface area (Å²) >= 11 is 0. The molecule has 2 aromatic rings. The summed E-state index contributed by atoms with van der Waals surface area (Å²) in [5, 5.41) is 6.94. The highest BCUT2D eigenvalue weighted by molar-refractivity contribution is 6.02. The number of amides is 1. The van der Waals surface area contributed by atoms with Crippen LogP contribution >= 0.6 is 0 Å². The van der Waals surface area contributed by atoms with E-state index in [0.717, 1.165) is 13.0 Å². The van der Waals surface area contributed by atoms with E-state index >= 15 is 0 Å². The molecule has 0 atom stereocenters. The van der Waals surface area contributed by atoms with Crippen molar-refractivity contribution in [3.63, 3.8) is 0 Å². The van der Waals surface area contributed by atoms with Crippen LogP contribution < -0.4 is 10.1 Å². The molecule has 0 unspecified atom stereocenters. The molecular formula is C12H12N4O2. The van der Waals surface area contributed by atoms with Crippen LogP contribution in [0.15, 0.2) is 30.6 Å². The van der Waals surface area contributed by atoms with Gasteiger partial charge in [-0.05, 0) is 12.1 Å². The molecule has 1 aliphatic rings. The zero-order chi connectivity index (χ0) is 12.4. The van der Waals surface area contributed by atoms with Gasteiger partial charge in [0, 0.05) is 25.2 Å². The Morgan fingerprint density at radius 2 is 2.44 bits per heavy atom. The number of nitrogens with one attached hydrogen (secondary N) is 1. The van der Waals surface area contributed by atoms with E-state index in [1.807, 2.05) is 0 Å². The predicted octanol–water partition coefficient (Wildman–Crippen LogP) is 1.31.